The molecule has 2 heterocycles. The minimum atomic E-state index is -0.854. The van der Waals surface area contributed by atoms with E-state index in [-0.39, 0.29) is 35.1 Å². The number of rotatable bonds is 2. The third-order valence-corrected chi connectivity index (χ3v) is 7.23. The average Bonchev–Trinajstić information content (AvgIpc) is 3.08. The van der Waals surface area contributed by atoms with E-state index in [0.717, 1.165) is 15.9 Å². The molecule has 1 aromatic heterocycles. The molecule has 2 aromatic carbocycles. The maximum Gasteiger partial charge on any atom is 0.274 e. The van der Waals surface area contributed by atoms with Crippen molar-refractivity contribution in [2.75, 3.05) is 0 Å². The van der Waals surface area contributed by atoms with Crippen LogP contribution in [0.4, 0.5) is 8.78 Å². The predicted octanol–water partition coefficient (Wildman–Crippen LogP) is 3.66. The van der Waals surface area contributed by atoms with Gasteiger partial charge in [0, 0.05) is 0 Å². The van der Waals surface area contributed by atoms with Gasteiger partial charge in [-0.2, -0.15) is 10.5 Å². The van der Waals surface area contributed by atoms with Gasteiger partial charge in [0.05, 0.1) is 42.7 Å². The molecule has 1 aliphatic heterocycles. The van der Waals surface area contributed by atoms with Crippen molar-refractivity contribution in [3.05, 3.63) is 93.2 Å². The predicted molar refractivity (Wildman–Crippen MR) is 124 cm³/mol. The van der Waals surface area contributed by atoms with Gasteiger partial charge in [-0.25, -0.2) is 8.78 Å². The van der Waals surface area contributed by atoms with Gasteiger partial charge in [0.25, 0.3) is 5.56 Å². The molecule has 0 amide bonds. The van der Waals surface area contributed by atoms with Crippen LogP contribution >= 0.6 is 43.2 Å². The Labute approximate surface area is 200 Å². The molecule has 0 aliphatic carbocycles. The van der Waals surface area contributed by atoms with Gasteiger partial charge in [-0.1, -0.05) is 12.1 Å². The van der Waals surface area contributed by atoms with E-state index in [1.54, 1.807) is 6.08 Å². The molecule has 2 N–H and O–H groups in total. The zero-order valence-corrected chi connectivity index (χ0v) is 19.9. The van der Waals surface area contributed by atoms with E-state index in [0.29, 0.717) is 11.1 Å². The van der Waals surface area contributed by atoms with Crippen LogP contribution in [0, 0.1) is 34.3 Å². The van der Waals surface area contributed by atoms with Crippen molar-refractivity contribution in [1.29, 1.82) is 10.5 Å². The Morgan fingerprint density at radius 1 is 1.03 bits per heavy atom. The number of halogens is 4. The van der Waals surface area contributed by atoms with Crippen LogP contribution in [0.1, 0.15) is 17.0 Å². The van der Waals surface area contributed by atoms with Gasteiger partial charge in [0.2, 0.25) is 0 Å². The first-order valence-electron chi connectivity index (χ1n) is 8.94. The Morgan fingerprint density at radius 2 is 1.66 bits per heavy atom. The van der Waals surface area contributed by atoms with Gasteiger partial charge in [0.15, 0.2) is 0 Å². The molecule has 1 aliphatic rings. The van der Waals surface area contributed by atoms with Crippen LogP contribution in [0.5, 0.6) is 0 Å². The van der Waals surface area contributed by atoms with Crippen molar-refractivity contribution in [2.24, 2.45) is 5.73 Å². The zero-order chi connectivity index (χ0) is 23.2. The van der Waals surface area contributed by atoms with Crippen molar-refractivity contribution < 1.29 is 8.78 Å². The van der Waals surface area contributed by atoms with Crippen molar-refractivity contribution >= 4 is 60.7 Å². The molecule has 32 heavy (non-hydrogen) atoms. The molecular formula is C22H10Br2F2N4OS. The normalized spacial score (nSPS) is 16.0. The molecule has 0 fully saturated rings. The summed E-state index contributed by atoms with van der Waals surface area (Å²) in [5, 5.41) is 19.7. The quantitative estimate of drug-likeness (QED) is 0.504. The van der Waals surface area contributed by atoms with Crippen molar-refractivity contribution in [1.82, 2.24) is 4.57 Å². The van der Waals surface area contributed by atoms with E-state index >= 15 is 0 Å². The van der Waals surface area contributed by atoms with Crippen LogP contribution in [0.15, 0.2) is 55.7 Å². The molecule has 0 unspecified atom stereocenters. The van der Waals surface area contributed by atoms with Gasteiger partial charge in [0.1, 0.15) is 22.1 Å². The van der Waals surface area contributed by atoms with E-state index in [9.17, 15) is 24.1 Å². The second-order valence-corrected chi connectivity index (χ2v) is 9.51. The second kappa shape index (κ2) is 8.47. The molecular weight excluding hydrogens is 566 g/mol. The lowest BCUT2D eigenvalue weighted by Gasteiger charge is -2.22. The first-order chi connectivity index (χ1) is 15.3. The summed E-state index contributed by atoms with van der Waals surface area (Å²) in [6.45, 7) is 0. The van der Waals surface area contributed by atoms with Gasteiger partial charge in [-0.05, 0) is 73.3 Å². The molecule has 1 atom stereocenters. The van der Waals surface area contributed by atoms with Crippen LogP contribution in [0.25, 0.3) is 17.5 Å². The lowest BCUT2D eigenvalue weighted by atomic mass is 9.84. The van der Waals surface area contributed by atoms with Crippen LogP contribution in [0.2, 0.25) is 0 Å². The third kappa shape index (κ3) is 3.61. The molecule has 0 saturated carbocycles. The summed E-state index contributed by atoms with van der Waals surface area (Å²) in [5.41, 5.74) is 6.93. The molecule has 5 nitrogen and oxygen atoms in total. The molecule has 10 heteroatoms. The number of hydrogen-bond donors (Lipinski definition) is 1. The first-order valence-corrected chi connectivity index (χ1v) is 11.3. The van der Waals surface area contributed by atoms with E-state index in [2.05, 4.69) is 37.9 Å². The van der Waals surface area contributed by atoms with Crippen molar-refractivity contribution in [3.63, 3.8) is 0 Å². The third-order valence-electron chi connectivity index (χ3n) is 4.91. The number of nitrogens with two attached hydrogens (primary N) is 1. The van der Waals surface area contributed by atoms with Gasteiger partial charge < -0.3 is 5.73 Å². The maximum atomic E-state index is 13.8. The number of benzene rings is 2. The number of allylic oxidation sites excluding steroid dienone is 1. The molecule has 0 radical (unpaired) electrons. The van der Waals surface area contributed by atoms with Crippen LogP contribution in [-0.4, -0.2) is 4.57 Å². The van der Waals surface area contributed by atoms with E-state index in [4.69, 9.17) is 5.73 Å². The minimum Gasteiger partial charge on any atom is -0.384 e. The average molecular weight is 576 g/mol. The van der Waals surface area contributed by atoms with E-state index in [1.807, 2.05) is 6.07 Å². The lowest BCUT2D eigenvalue weighted by molar-refractivity contribution is 0.620. The fourth-order valence-corrected chi connectivity index (χ4v) is 5.35. The molecule has 3 aromatic rings. The summed E-state index contributed by atoms with van der Waals surface area (Å²) in [7, 11) is 0. The summed E-state index contributed by atoms with van der Waals surface area (Å²) in [6, 6.07) is 12.6. The van der Waals surface area contributed by atoms with Gasteiger partial charge >= 0.3 is 0 Å². The fourth-order valence-electron chi connectivity index (χ4n) is 3.43. The highest BCUT2D eigenvalue weighted by Gasteiger charge is 2.32. The highest BCUT2D eigenvalue weighted by Crippen LogP contribution is 2.36. The highest BCUT2D eigenvalue weighted by molar-refractivity contribution is 9.10. The summed E-state index contributed by atoms with van der Waals surface area (Å²) in [6.07, 6.45) is 1.56. The second-order valence-electron chi connectivity index (χ2n) is 6.77. The molecule has 4 rings (SSSR count). The Balaban J connectivity index is 2.04. The lowest BCUT2D eigenvalue weighted by Crippen LogP contribution is -2.38. The Bertz CT molecular complexity index is 1590. The van der Waals surface area contributed by atoms with E-state index in [1.165, 1.54) is 36.4 Å². The smallest absolute Gasteiger partial charge is 0.274 e. The number of aromatic nitrogens is 1. The number of nitriles is 2. The molecule has 0 bridgehead atoms. The van der Waals surface area contributed by atoms with Crippen molar-refractivity contribution in [2.45, 2.75) is 5.92 Å². The van der Waals surface area contributed by atoms with Crippen LogP contribution in [0.3, 0.4) is 0 Å². The van der Waals surface area contributed by atoms with Gasteiger partial charge in [-0.3, -0.25) is 9.36 Å². The molecule has 158 valence electrons. The Kier molecular flexibility index (Phi) is 5.87. The zero-order valence-electron chi connectivity index (χ0n) is 15.9. The summed E-state index contributed by atoms with van der Waals surface area (Å²) >= 11 is 7.27. The summed E-state index contributed by atoms with van der Waals surface area (Å²) in [4.78, 5) is 13.1. The SMILES string of the molecule is N#CC1=C(N)n2c(s/c(=C\c3ccc(F)c(Br)c3)c2=O)=C(C#N)[C@H]1c1ccc(F)c(Br)c1. The number of nitrogens with zero attached hydrogens (tertiary/aromatic N) is 3. The summed E-state index contributed by atoms with van der Waals surface area (Å²) in [5.74, 6) is -1.88. The maximum absolute atomic E-state index is 13.8. The standard InChI is InChI=1S/C22H10Br2F2N4OS/c23-14-5-10(1-3-16(14)25)6-18-21(31)30-20(29)12(8-27)19(13(9-28)22(30)32-18)11-2-4-17(26)15(24)7-11/h1-7,19H,29H2/b18-6-/t19-/m0/s1. The van der Waals surface area contributed by atoms with Crippen molar-refractivity contribution in [3.8, 4) is 12.1 Å². The van der Waals surface area contributed by atoms with E-state index < -0.39 is 23.1 Å². The topological polar surface area (TPSA) is 95.6 Å². The molecule has 0 saturated heterocycles. The number of hydrogen-bond acceptors (Lipinski definition) is 5. The van der Waals surface area contributed by atoms with Gasteiger partial charge in [-0.15, -0.1) is 11.3 Å². The number of fused-ring (bicyclic) bond motifs is 1. The molecule has 0 spiro atoms. The van der Waals surface area contributed by atoms with Crippen LogP contribution in [-0.2, 0) is 0 Å². The fraction of sp³-hybridized carbons (Fsp3) is 0.0455. The monoisotopic (exact) mass is 574 g/mol. The Morgan fingerprint density at radius 3 is 2.25 bits per heavy atom. The number of thiazole rings is 1. The highest BCUT2D eigenvalue weighted by atomic mass is 79.9. The van der Waals surface area contributed by atoms with Crippen LogP contribution < -0.4 is 20.5 Å². The first kappa shape index (κ1) is 22.2. The minimum absolute atomic E-state index is 0.0172. The summed E-state index contributed by atoms with van der Waals surface area (Å²) < 4.78 is 29.4. The largest absolute Gasteiger partial charge is 0.384 e. The Hall–Kier alpha value is -3.05.